The molecule has 136 valence electrons. The summed E-state index contributed by atoms with van der Waals surface area (Å²) in [7, 11) is 1.68. The zero-order valence-electron chi connectivity index (χ0n) is 15.5. The molecule has 1 atom stereocenters. The maximum atomic E-state index is 12.7. The van der Waals surface area contributed by atoms with Crippen LogP contribution >= 0.6 is 0 Å². The third-order valence-electron chi connectivity index (χ3n) is 5.29. The van der Waals surface area contributed by atoms with Gasteiger partial charge in [-0.25, -0.2) is 0 Å². The third kappa shape index (κ3) is 3.64. The van der Waals surface area contributed by atoms with E-state index in [0.717, 1.165) is 16.7 Å². The molecule has 0 radical (unpaired) electrons. The highest BCUT2D eigenvalue weighted by molar-refractivity contribution is 5.85. The van der Waals surface area contributed by atoms with Crippen LogP contribution in [0.1, 0.15) is 25.3 Å². The fourth-order valence-electron chi connectivity index (χ4n) is 3.87. The van der Waals surface area contributed by atoms with Crippen LogP contribution in [0.5, 0.6) is 0 Å². The van der Waals surface area contributed by atoms with E-state index in [0.29, 0.717) is 32.4 Å². The summed E-state index contributed by atoms with van der Waals surface area (Å²) in [5, 5.41) is 2.81. The van der Waals surface area contributed by atoms with Crippen molar-refractivity contribution in [2.45, 2.75) is 26.2 Å². The van der Waals surface area contributed by atoms with Crippen molar-refractivity contribution in [3.8, 4) is 11.1 Å². The Kier molecular flexibility index (Phi) is 5.40. The molecule has 1 aliphatic rings. The van der Waals surface area contributed by atoms with Crippen LogP contribution in [-0.2, 0) is 16.0 Å². The fraction of sp³-hybridized carbons (Fsp3) is 0.364. The van der Waals surface area contributed by atoms with Crippen molar-refractivity contribution in [2.75, 3.05) is 20.1 Å². The van der Waals surface area contributed by atoms with E-state index >= 15 is 0 Å². The number of hydrogen-bond acceptors (Lipinski definition) is 2. The van der Waals surface area contributed by atoms with Crippen LogP contribution in [0, 0.1) is 5.41 Å². The van der Waals surface area contributed by atoms with Gasteiger partial charge in [-0.3, -0.25) is 9.59 Å². The first-order valence-electron chi connectivity index (χ1n) is 9.22. The second-order valence-electron chi connectivity index (χ2n) is 7.02. The van der Waals surface area contributed by atoms with Crippen LogP contribution in [0.25, 0.3) is 11.1 Å². The molecule has 0 saturated carbocycles. The predicted molar refractivity (Wildman–Crippen MR) is 104 cm³/mol. The predicted octanol–water partition coefficient (Wildman–Crippen LogP) is 3.27. The highest BCUT2D eigenvalue weighted by Gasteiger charge is 2.45. The van der Waals surface area contributed by atoms with E-state index in [4.69, 9.17) is 0 Å². The van der Waals surface area contributed by atoms with E-state index in [9.17, 15) is 9.59 Å². The number of benzene rings is 2. The Bertz CT molecular complexity index is 788. The van der Waals surface area contributed by atoms with Gasteiger partial charge in [-0.1, -0.05) is 61.5 Å². The lowest BCUT2D eigenvalue weighted by Crippen LogP contribution is -2.44. The van der Waals surface area contributed by atoms with E-state index in [-0.39, 0.29) is 11.8 Å². The second-order valence-corrected chi connectivity index (χ2v) is 7.02. The van der Waals surface area contributed by atoms with Crippen molar-refractivity contribution in [3.63, 3.8) is 0 Å². The number of hydrogen-bond donors (Lipinski definition) is 1. The lowest BCUT2D eigenvalue weighted by Gasteiger charge is -2.28. The molecule has 1 saturated heterocycles. The minimum atomic E-state index is -0.547. The average molecular weight is 350 g/mol. The van der Waals surface area contributed by atoms with E-state index in [1.807, 2.05) is 36.1 Å². The van der Waals surface area contributed by atoms with Crippen molar-refractivity contribution in [3.05, 3.63) is 60.2 Å². The topological polar surface area (TPSA) is 49.4 Å². The van der Waals surface area contributed by atoms with Gasteiger partial charge in [0.1, 0.15) is 0 Å². The van der Waals surface area contributed by atoms with Crippen molar-refractivity contribution < 1.29 is 9.59 Å². The molecule has 4 heteroatoms. The Morgan fingerprint density at radius 2 is 1.81 bits per heavy atom. The molecule has 3 rings (SSSR count). The van der Waals surface area contributed by atoms with Gasteiger partial charge < -0.3 is 10.2 Å². The molecule has 0 aromatic heterocycles. The van der Waals surface area contributed by atoms with Gasteiger partial charge in [0.2, 0.25) is 11.8 Å². The minimum Gasteiger partial charge on any atom is -0.359 e. The molecule has 2 aromatic rings. The highest BCUT2D eigenvalue weighted by atomic mass is 16.2. The maximum absolute atomic E-state index is 12.7. The Hall–Kier alpha value is -2.62. The number of carbonyl (C=O) groups excluding carboxylic acids is 2. The summed E-state index contributed by atoms with van der Waals surface area (Å²) in [6.07, 6.45) is 1.82. The first-order valence-corrected chi connectivity index (χ1v) is 9.22. The fourth-order valence-corrected chi connectivity index (χ4v) is 3.87. The first-order chi connectivity index (χ1) is 12.6. The second kappa shape index (κ2) is 7.73. The van der Waals surface area contributed by atoms with Gasteiger partial charge in [0.25, 0.3) is 0 Å². The smallest absolute Gasteiger partial charge is 0.228 e. The SMILES string of the molecule is CCC(=O)N1CC[C@@](Cc2cccc(-c3ccccc3)c2)(C(=O)NC)C1. The number of rotatable bonds is 5. The molecule has 2 amide bonds. The average Bonchev–Trinajstić information content (AvgIpc) is 3.13. The molecule has 0 aliphatic carbocycles. The van der Waals surface area contributed by atoms with Gasteiger partial charge in [0.05, 0.1) is 5.41 Å². The molecule has 2 aromatic carbocycles. The van der Waals surface area contributed by atoms with Crippen LogP contribution in [0.3, 0.4) is 0 Å². The van der Waals surface area contributed by atoms with Crippen molar-refractivity contribution in [1.29, 1.82) is 0 Å². The van der Waals surface area contributed by atoms with Gasteiger partial charge in [-0.2, -0.15) is 0 Å². The normalized spacial score (nSPS) is 19.4. The number of likely N-dealkylation sites (tertiary alicyclic amines) is 1. The monoisotopic (exact) mass is 350 g/mol. The van der Waals surface area contributed by atoms with E-state index < -0.39 is 5.41 Å². The van der Waals surface area contributed by atoms with Gasteiger partial charge in [0, 0.05) is 26.6 Å². The standard InChI is InChI=1S/C22H26N2O2/c1-3-20(25)24-13-12-22(16-24,21(26)23-2)15-17-8-7-11-19(14-17)18-9-5-4-6-10-18/h4-11,14H,3,12-13,15-16H2,1-2H3,(H,23,26)/t22-/m0/s1. The van der Waals surface area contributed by atoms with Gasteiger partial charge in [-0.05, 0) is 29.5 Å². The molecular formula is C22H26N2O2. The molecule has 1 N–H and O–H groups in total. The quantitative estimate of drug-likeness (QED) is 0.900. The van der Waals surface area contributed by atoms with Crippen LogP contribution in [0.4, 0.5) is 0 Å². The molecule has 26 heavy (non-hydrogen) atoms. The van der Waals surface area contributed by atoms with Crippen molar-refractivity contribution in [1.82, 2.24) is 10.2 Å². The molecule has 1 aliphatic heterocycles. The lowest BCUT2D eigenvalue weighted by atomic mass is 9.79. The van der Waals surface area contributed by atoms with Crippen LogP contribution in [0.15, 0.2) is 54.6 Å². The first kappa shape index (κ1) is 18.2. The molecule has 0 spiro atoms. The molecule has 4 nitrogen and oxygen atoms in total. The van der Waals surface area contributed by atoms with Crippen LogP contribution in [-0.4, -0.2) is 36.9 Å². The summed E-state index contributed by atoms with van der Waals surface area (Å²) >= 11 is 0. The van der Waals surface area contributed by atoms with Gasteiger partial charge in [0.15, 0.2) is 0 Å². The van der Waals surface area contributed by atoms with E-state index in [1.54, 1.807) is 7.05 Å². The van der Waals surface area contributed by atoms with Crippen LogP contribution < -0.4 is 5.32 Å². The maximum Gasteiger partial charge on any atom is 0.228 e. The number of carbonyl (C=O) groups is 2. The van der Waals surface area contributed by atoms with Crippen molar-refractivity contribution in [2.24, 2.45) is 5.41 Å². The van der Waals surface area contributed by atoms with Crippen LogP contribution in [0.2, 0.25) is 0 Å². The van der Waals surface area contributed by atoms with E-state index in [2.05, 4.69) is 35.6 Å². The zero-order chi connectivity index (χ0) is 18.6. The summed E-state index contributed by atoms with van der Waals surface area (Å²) in [6.45, 7) is 3.01. The molecule has 0 unspecified atom stereocenters. The Labute approximate surface area is 155 Å². The Morgan fingerprint density at radius 1 is 1.08 bits per heavy atom. The summed E-state index contributed by atoms with van der Waals surface area (Å²) in [4.78, 5) is 26.6. The molecule has 1 heterocycles. The van der Waals surface area contributed by atoms with Crippen molar-refractivity contribution >= 4 is 11.8 Å². The number of nitrogens with one attached hydrogen (secondary N) is 1. The Balaban J connectivity index is 1.87. The van der Waals surface area contributed by atoms with E-state index in [1.165, 1.54) is 0 Å². The number of amides is 2. The zero-order valence-corrected chi connectivity index (χ0v) is 15.5. The minimum absolute atomic E-state index is 0.0222. The molecule has 1 fully saturated rings. The third-order valence-corrected chi connectivity index (χ3v) is 5.29. The highest BCUT2D eigenvalue weighted by Crippen LogP contribution is 2.35. The van der Waals surface area contributed by atoms with Gasteiger partial charge >= 0.3 is 0 Å². The Morgan fingerprint density at radius 3 is 2.50 bits per heavy atom. The lowest BCUT2D eigenvalue weighted by molar-refractivity contribution is -0.132. The number of nitrogens with zero attached hydrogens (tertiary/aromatic N) is 1. The van der Waals surface area contributed by atoms with Gasteiger partial charge in [-0.15, -0.1) is 0 Å². The summed E-state index contributed by atoms with van der Waals surface area (Å²) in [5.41, 5.74) is 2.89. The molecular weight excluding hydrogens is 324 g/mol. The summed E-state index contributed by atoms with van der Waals surface area (Å²) in [5.74, 6) is 0.142. The largest absolute Gasteiger partial charge is 0.359 e. The summed E-state index contributed by atoms with van der Waals surface area (Å²) in [6, 6.07) is 18.6. The molecule has 0 bridgehead atoms. The summed E-state index contributed by atoms with van der Waals surface area (Å²) < 4.78 is 0.